The van der Waals surface area contributed by atoms with E-state index in [1.807, 2.05) is 0 Å². The van der Waals surface area contributed by atoms with Crippen LogP contribution in [0.3, 0.4) is 0 Å². The Morgan fingerprint density at radius 3 is 2.79 bits per heavy atom. The minimum Gasteiger partial charge on any atom is -0.396 e. The Labute approximate surface area is 110 Å². The lowest BCUT2D eigenvalue weighted by Gasteiger charge is -2.24. The molecule has 1 aliphatic rings. The van der Waals surface area contributed by atoms with E-state index in [0.29, 0.717) is 13.0 Å². The minimum absolute atomic E-state index is 0.0221. The van der Waals surface area contributed by atoms with Crippen LogP contribution in [0.25, 0.3) is 0 Å². The molecule has 1 heterocycles. The first-order chi connectivity index (χ1) is 8.94. The van der Waals surface area contributed by atoms with Crippen LogP contribution in [-0.4, -0.2) is 54.5 Å². The highest BCUT2D eigenvalue weighted by molar-refractivity contribution is 5.76. The summed E-state index contributed by atoms with van der Waals surface area (Å²) in [5.41, 5.74) is 0. The molecule has 19 heavy (non-hydrogen) atoms. The number of hydrogen-bond acceptors (Lipinski definition) is 3. The fourth-order valence-electron chi connectivity index (χ4n) is 2.28. The number of ether oxygens (including phenoxy) is 1. The van der Waals surface area contributed by atoms with Crippen LogP contribution in [0.1, 0.15) is 32.1 Å². The summed E-state index contributed by atoms with van der Waals surface area (Å²) in [5.74, 6) is -0.164. The van der Waals surface area contributed by atoms with Crippen LogP contribution in [0.4, 0.5) is 13.2 Å². The molecular weight excluding hydrogens is 263 g/mol. The molecule has 4 nitrogen and oxygen atoms in total. The van der Waals surface area contributed by atoms with Gasteiger partial charge in [-0.15, -0.1) is 0 Å². The molecule has 0 aromatic heterocycles. The van der Waals surface area contributed by atoms with Gasteiger partial charge in [-0.3, -0.25) is 4.79 Å². The summed E-state index contributed by atoms with van der Waals surface area (Å²) in [6.07, 6.45) is -1.18. The number of likely N-dealkylation sites (tertiary alicyclic amines) is 1. The largest absolute Gasteiger partial charge is 0.411 e. The van der Waals surface area contributed by atoms with Gasteiger partial charge in [-0.2, -0.15) is 13.2 Å². The van der Waals surface area contributed by atoms with Crippen molar-refractivity contribution in [2.24, 2.45) is 0 Å². The monoisotopic (exact) mass is 283 g/mol. The Hall–Kier alpha value is -0.820. The Balaban J connectivity index is 2.24. The van der Waals surface area contributed by atoms with E-state index >= 15 is 0 Å². The second kappa shape index (κ2) is 7.69. The minimum atomic E-state index is -4.35. The van der Waals surface area contributed by atoms with Gasteiger partial charge in [0.25, 0.3) is 0 Å². The summed E-state index contributed by atoms with van der Waals surface area (Å²) in [7, 11) is 0. The lowest BCUT2D eigenvalue weighted by Crippen LogP contribution is -2.36. The van der Waals surface area contributed by atoms with Crippen molar-refractivity contribution in [1.29, 1.82) is 0 Å². The maximum absolute atomic E-state index is 11.8. The van der Waals surface area contributed by atoms with Gasteiger partial charge in [0.15, 0.2) is 0 Å². The molecule has 0 aromatic rings. The van der Waals surface area contributed by atoms with Crippen molar-refractivity contribution < 1.29 is 27.8 Å². The van der Waals surface area contributed by atoms with Crippen molar-refractivity contribution in [2.45, 2.75) is 44.3 Å². The van der Waals surface area contributed by atoms with E-state index in [0.717, 1.165) is 19.3 Å². The number of rotatable bonds is 7. The molecule has 0 radical (unpaired) electrons. The zero-order valence-electron chi connectivity index (χ0n) is 10.8. The third-order valence-corrected chi connectivity index (χ3v) is 3.12. The third kappa shape index (κ3) is 6.24. The molecule has 0 spiro atoms. The zero-order valence-corrected chi connectivity index (χ0v) is 10.8. The molecule has 1 fully saturated rings. The molecule has 1 amide bonds. The molecule has 112 valence electrons. The van der Waals surface area contributed by atoms with Crippen molar-refractivity contribution in [1.82, 2.24) is 4.90 Å². The number of hydrogen-bond donors (Lipinski definition) is 1. The fraction of sp³-hybridized carbons (Fsp3) is 0.917. The topological polar surface area (TPSA) is 49.8 Å². The predicted octanol–water partition coefficient (Wildman–Crippen LogP) is 1.72. The van der Waals surface area contributed by atoms with Gasteiger partial charge in [-0.25, -0.2) is 0 Å². The van der Waals surface area contributed by atoms with Gasteiger partial charge in [-0.1, -0.05) is 0 Å². The molecule has 7 heteroatoms. The number of aliphatic hydroxyl groups excluding tert-OH is 1. The normalized spacial score (nSPS) is 20.0. The van der Waals surface area contributed by atoms with E-state index in [1.54, 1.807) is 4.90 Å². The van der Waals surface area contributed by atoms with Crippen molar-refractivity contribution in [2.75, 3.05) is 26.4 Å². The Morgan fingerprint density at radius 1 is 1.42 bits per heavy atom. The summed E-state index contributed by atoms with van der Waals surface area (Å²) in [6.45, 7) is -0.781. The fourth-order valence-corrected chi connectivity index (χ4v) is 2.28. The molecule has 0 bridgehead atoms. The number of alkyl halides is 3. The van der Waals surface area contributed by atoms with Crippen molar-refractivity contribution in [3.8, 4) is 0 Å². The molecule has 1 atom stereocenters. The van der Waals surface area contributed by atoms with E-state index in [9.17, 15) is 18.0 Å². The number of carbonyl (C=O) groups is 1. The maximum Gasteiger partial charge on any atom is 0.411 e. The first kappa shape index (κ1) is 16.2. The number of aliphatic hydroxyl groups is 1. The predicted molar refractivity (Wildman–Crippen MR) is 62.5 cm³/mol. The number of nitrogens with zero attached hydrogens (tertiary/aromatic N) is 1. The number of halogens is 3. The van der Waals surface area contributed by atoms with Crippen LogP contribution in [0, 0.1) is 0 Å². The first-order valence-electron chi connectivity index (χ1n) is 6.49. The lowest BCUT2D eigenvalue weighted by molar-refractivity contribution is -0.175. The Bertz CT molecular complexity index is 284. The highest BCUT2D eigenvalue weighted by Crippen LogP contribution is 2.22. The second-order valence-electron chi connectivity index (χ2n) is 4.67. The van der Waals surface area contributed by atoms with Gasteiger partial charge in [0.05, 0.1) is 13.0 Å². The van der Waals surface area contributed by atoms with Crippen molar-refractivity contribution in [3.63, 3.8) is 0 Å². The van der Waals surface area contributed by atoms with E-state index in [2.05, 4.69) is 4.74 Å². The van der Waals surface area contributed by atoms with E-state index in [1.165, 1.54) is 0 Å². The van der Waals surface area contributed by atoms with Gasteiger partial charge in [0.1, 0.15) is 6.61 Å². The van der Waals surface area contributed by atoms with Gasteiger partial charge in [0, 0.05) is 19.2 Å². The average molecular weight is 283 g/mol. The SMILES string of the molecule is O=C(CCOCC(F)(F)F)N1CCCC1CCCO. The highest BCUT2D eigenvalue weighted by Gasteiger charge is 2.29. The van der Waals surface area contributed by atoms with Crippen molar-refractivity contribution >= 4 is 5.91 Å². The number of amides is 1. The molecule has 0 saturated carbocycles. The summed E-state index contributed by atoms with van der Waals surface area (Å²) in [5, 5.41) is 8.77. The van der Waals surface area contributed by atoms with E-state index in [4.69, 9.17) is 5.11 Å². The van der Waals surface area contributed by atoms with E-state index in [-0.39, 0.29) is 31.6 Å². The van der Waals surface area contributed by atoms with Crippen LogP contribution in [-0.2, 0) is 9.53 Å². The summed E-state index contributed by atoms with van der Waals surface area (Å²) < 4.78 is 39.9. The van der Waals surface area contributed by atoms with Crippen LogP contribution < -0.4 is 0 Å². The van der Waals surface area contributed by atoms with Crippen LogP contribution in [0.5, 0.6) is 0 Å². The van der Waals surface area contributed by atoms with E-state index < -0.39 is 12.8 Å². The molecule has 1 N–H and O–H groups in total. The van der Waals surface area contributed by atoms with Gasteiger partial charge >= 0.3 is 6.18 Å². The molecule has 1 unspecified atom stereocenters. The quantitative estimate of drug-likeness (QED) is 0.724. The molecule has 0 aliphatic carbocycles. The molecule has 0 aromatic carbocycles. The molecule has 1 aliphatic heterocycles. The van der Waals surface area contributed by atoms with Gasteiger partial charge in [0.2, 0.25) is 5.91 Å². The average Bonchev–Trinajstić information content (AvgIpc) is 2.79. The third-order valence-electron chi connectivity index (χ3n) is 3.12. The summed E-state index contributed by atoms with van der Waals surface area (Å²) in [6, 6.07) is 0.113. The zero-order chi connectivity index (χ0) is 14.3. The lowest BCUT2D eigenvalue weighted by atomic mass is 10.1. The summed E-state index contributed by atoms with van der Waals surface area (Å²) in [4.78, 5) is 13.5. The van der Waals surface area contributed by atoms with Gasteiger partial charge in [-0.05, 0) is 25.7 Å². The van der Waals surface area contributed by atoms with Crippen LogP contribution in [0.15, 0.2) is 0 Å². The second-order valence-corrected chi connectivity index (χ2v) is 4.67. The van der Waals surface area contributed by atoms with Crippen molar-refractivity contribution in [3.05, 3.63) is 0 Å². The summed E-state index contributed by atoms with van der Waals surface area (Å²) >= 11 is 0. The maximum atomic E-state index is 11.8. The standard InChI is InChI=1S/C12H20F3NO3/c13-12(14,15)9-19-8-5-11(18)16-6-1-3-10(16)4-2-7-17/h10,17H,1-9H2. The first-order valence-corrected chi connectivity index (χ1v) is 6.49. The Morgan fingerprint density at radius 2 is 2.16 bits per heavy atom. The van der Waals surface area contributed by atoms with Gasteiger partial charge < -0.3 is 14.7 Å². The smallest absolute Gasteiger partial charge is 0.396 e. The molecule has 1 saturated heterocycles. The van der Waals surface area contributed by atoms with Crippen LogP contribution in [0.2, 0.25) is 0 Å². The Kier molecular flexibility index (Phi) is 6.57. The molecular formula is C12H20F3NO3. The highest BCUT2D eigenvalue weighted by atomic mass is 19.4. The molecule has 1 rings (SSSR count). The number of carbonyl (C=O) groups excluding carboxylic acids is 1. The van der Waals surface area contributed by atoms with Crippen LogP contribution >= 0.6 is 0 Å².